The second-order valence-electron chi connectivity index (χ2n) is 21.2. The molecule has 1 saturated heterocycles. The van der Waals surface area contributed by atoms with Crippen LogP contribution >= 0.6 is 11.6 Å². The maximum absolute atomic E-state index is 15.5. The molecular formula is C58H79AlClN5O6. The Kier molecular flexibility index (Phi) is 20.1. The SMILES string of the molecule is CN(C(=O)C1(NC(=O)[C@@H](N)[CH2][Al])CCCC1)[C@H](C(=O)N(C)[C@@H](CC(=O)OC(c1ccccc1)(c1ccc(C2CCCCCCCCCC2)cc1)c1ccccc1Cl)C(=O)N1CCCCC1)C1CCCCC1. The van der Waals surface area contributed by atoms with Gasteiger partial charge >= 0.3 is 5.97 Å². The fourth-order valence-electron chi connectivity index (χ4n) is 12.2. The number of nitrogens with two attached hydrogens (primary N) is 1. The van der Waals surface area contributed by atoms with Gasteiger partial charge in [-0.2, -0.15) is 0 Å². The zero-order valence-corrected chi connectivity index (χ0v) is 44.5. The molecule has 13 heteroatoms. The first-order chi connectivity index (χ1) is 34.4. The van der Waals surface area contributed by atoms with Crippen molar-refractivity contribution in [2.45, 2.75) is 188 Å². The van der Waals surface area contributed by atoms with Crippen molar-refractivity contribution in [3.8, 4) is 0 Å². The van der Waals surface area contributed by atoms with Gasteiger partial charge in [-0.25, -0.2) is 0 Å². The minimum absolute atomic E-state index is 0.191. The number of amides is 4. The lowest BCUT2D eigenvalue weighted by Crippen LogP contribution is -2.64. The van der Waals surface area contributed by atoms with Crippen molar-refractivity contribution in [2.75, 3.05) is 27.2 Å². The summed E-state index contributed by atoms with van der Waals surface area (Å²) >= 11 is 9.66. The molecule has 0 spiro atoms. The largest absolute Gasteiger partial charge is 0.444 e. The molecule has 1 aliphatic heterocycles. The number of halogens is 1. The molecule has 0 aromatic heterocycles. The molecule has 3 aromatic carbocycles. The van der Waals surface area contributed by atoms with E-state index in [1.807, 2.05) is 48.5 Å². The van der Waals surface area contributed by atoms with Gasteiger partial charge < -0.3 is 30.5 Å². The molecule has 0 bridgehead atoms. The van der Waals surface area contributed by atoms with Gasteiger partial charge in [0.25, 0.3) is 0 Å². The second-order valence-corrected chi connectivity index (χ2v) is 22.0. The predicted octanol–water partition coefficient (Wildman–Crippen LogP) is 10.2. The Hall–Kier alpha value is -4.21. The van der Waals surface area contributed by atoms with E-state index in [-0.39, 0.29) is 17.7 Å². The summed E-state index contributed by atoms with van der Waals surface area (Å²) in [5.41, 5.74) is 6.69. The molecule has 2 radical (unpaired) electrons. The van der Waals surface area contributed by atoms with Crippen molar-refractivity contribution in [1.29, 1.82) is 0 Å². The average Bonchev–Trinajstić information content (AvgIpc) is 3.86. The van der Waals surface area contributed by atoms with Crippen LogP contribution in [0.2, 0.25) is 10.3 Å². The first kappa shape index (κ1) is 54.6. The van der Waals surface area contributed by atoms with Gasteiger partial charge in [-0.05, 0) is 81.3 Å². The molecule has 3 aliphatic carbocycles. The number of ether oxygens (including phenoxy) is 1. The Morgan fingerprint density at radius 3 is 1.86 bits per heavy atom. The molecule has 3 saturated carbocycles. The van der Waals surface area contributed by atoms with Crippen LogP contribution in [0.15, 0.2) is 78.9 Å². The van der Waals surface area contributed by atoms with Crippen LogP contribution < -0.4 is 11.1 Å². The van der Waals surface area contributed by atoms with Crippen LogP contribution in [0.1, 0.15) is 176 Å². The number of esters is 1. The lowest BCUT2D eigenvalue weighted by atomic mass is 9.78. The van der Waals surface area contributed by atoms with Gasteiger partial charge in [0.1, 0.15) is 33.9 Å². The number of nitrogens with zero attached hydrogens (tertiary/aromatic N) is 3. The molecule has 4 fully saturated rings. The molecule has 4 amide bonds. The van der Waals surface area contributed by atoms with Crippen LogP contribution in [0.25, 0.3) is 0 Å². The van der Waals surface area contributed by atoms with E-state index < -0.39 is 53.5 Å². The standard InChI is InChI=1S/C58H79ClN5O6.Al/c1-42(60)53(66)61-57(37-21-22-38-57)56(69)63(3)52(45-27-15-10-16-28-45)55(68)62(2)50(54(67)64-39-23-12-24-40-64)41-51(65)70-58(46-29-17-11-18-30-46,48-31-19-20-32-49(48)59)47-35-33-44(34-36-47)43-25-13-8-6-4-5-7-9-14-26-43;/h11,17-20,29-36,42-43,45,50,52H,1,4-10,12-16,21-28,37-41,60H2,2-3H3,(H,61,66);/t42-,50-,52-,58?;/m0./s1. The minimum Gasteiger partial charge on any atom is -0.444 e. The van der Waals surface area contributed by atoms with Crippen LogP contribution in [-0.4, -0.2) is 111 Å². The fraction of sp³-hybridized carbons (Fsp3) is 0.603. The van der Waals surface area contributed by atoms with E-state index in [1.165, 1.54) is 66.7 Å². The number of nitrogens with one attached hydrogen (secondary N) is 1. The monoisotopic (exact) mass is 1000 g/mol. The van der Waals surface area contributed by atoms with Gasteiger partial charge in [-0.3, -0.25) is 24.0 Å². The third kappa shape index (κ3) is 13.1. The number of likely N-dealkylation sites (tertiary alicyclic amines) is 1. The lowest BCUT2D eigenvalue weighted by Gasteiger charge is -2.43. The highest BCUT2D eigenvalue weighted by Crippen LogP contribution is 2.45. The van der Waals surface area contributed by atoms with Crippen molar-refractivity contribution in [2.24, 2.45) is 11.7 Å². The van der Waals surface area contributed by atoms with Gasteiger partial charge in [0, 0.05) is 48.9 Å². The van der Waals surface area contributed by atoms with E-state index in [4.69, 9.17) is 22.1 Å². The molecule has 11 nitrogen and oxygen atoms in total. The Bertz CT molecular complexity index is 2220. The number of carbonyl (C=O) groups excluding carboxylic acids is 5. The van der Waals surface area contributed by atoms with Crippen molar-refractivity contribution in [3.63, 3.8) is 0 Å². The normalized spacial score (nSPS) is 20.5. The molecular weight excluding hydrogens is 925 g/mol. The van der Waals surface area contributed by atoms with Crippen LogP contribution in [0.3, 0.4) is 0 Å². The topological polar surface area (TPSA) is 142 Å². The predicted molar refractivity (Wildman–Crippen MR) is 282 cm³/mol. The second kappa shape index (κ2) is 26.1. The third-order valence-corrected chi connectivity index (χ3v) is 17.2. The maximum Gasteiger partial charge on any atom is 0.310 e. The highest BCUT2D eigenvalue weighted by atomic mass is 35.5. The number of benzene rings is 3. The summed E-state index contributed by atoms with van der Waals surface area (Å²) < 4.78 is 7.00. The van der Waals surface area contributed by atoms with Gasteiger partial charge in [-0.1, -0.05) is 173 Å². The van der Waals surface area contributed by atoms with Gasteiger partial charge in [0.2, 0.25) is 23.6 Å². The fourth-order valence-corrected chi connectivity index (χ4v) is 12.7. The summed E-state index contributed by atoms with van der Waals surface area (Å²) in [6.45, 7) is 1.02. The third-order valence-electron chi connectivity index (χ3n) is 16.4. The number of carbonyl (C=O) groups is 5. The Balaban J connectivity index is 1.25. The molecule has 3 aromatic rings. The Morgan fingerprint density at radius 1 is 0.718 bits per heavy atom. The van der Waals surface area contributed by atoms with Crippen molar-refractivity contribution in [3.05, 3.63) is 106 Å². The maximum atomic E-state index is 15.5. The van der Waals surface area contributed by atoms with E-state index >= 15 is 14.4 Å². The molecule has 382 valence electrons. The van der Waals surface area contributed by atoms with Gasteiger partial charge in [0.15, 0.2) is 5.60 Å². The molecule has 71 heavy (non-hydrogen) atoms. The summed E-state index contributed by atoms with van der Waals surface area (Å²) in [5, 5.41) is 3.79. The number of hydrogen-bond donors (Lipinski definition) is 2. The van der Waals surface area contributed by atoms with E-state index in [0.29, 0.717) is 53.3 Å². The molecule has 1 unspecified atom stereocenters. The van der Waals surface area contributed by atoms with E-state index in [2.05, 4.69) is 45.9 Å². The highest BCUT2D eigenvalue weighted by Gasteiger charge is 2.50. The lowest BCUT2D eigenvalue weighted by molar-refractivity contribution is -0.161. The van der Waals surface area contributed by atoms with Gasteiger partial charge in [-0.15, -0.1) is 0 Å². The van der Waals surface area contributed by atoms with Crippen LogP contribution in [0.5, 0.6) is 0 Å². The van der Waals surface area contributed by atoms with Crippen molar-refractivity contribution < 1.29 is 28.7 Å². The average molecular weight is 1000 g/mol. The van der Waals surface area contributed by atoms with E-state index in [9.17, 15) is 9.59 Å². The minimum atomic E-state index is -1.53. The van der Waals surface area contributed by atoms with Crippen LogP contribution in [-0.2, 0) is 34.3 Å². The van der Waals surface area contributed by atoms with Crippen LogP contribution in [0, 0.1) is 5.92 Å². The molecule has 3 N–H and O–H groups in total. The van der Waals surface area contributed by atoms with Crippen molar-refractivity contribution in [1.82, 2.24) is 20.0 Å². The zero-order valence-electron chi connectivity index (χ0n) is 42.6. The molecule has 4 atom stereocenters. The zero-order chi connectivity index (χ0) is 50.4. The number of likely N-dealkylation sites (N-methyl/N-ethyl adjacent to an activating group) is 2. The summed E-state index contributed by atoms with van der Waals surface area (Å²) in [5.74, 6) is -1.90. The molecule has 7 rings (SSSR count). The molecule has 1 heterocycles. The summed E-state index contributed by atoms with van der Waals surface area (Å²) in [7, 11) is 3.26. The summed E-state index contributed by atoms with van der Waals surface area (Å²) in [4.78, 5) is 78.9. The highest BCUT2D eigenvalue weighted by molar-refractivity contribution is 6.31. The Labute approximate surface area is 437 Å². The smallest absolute Gasteiger partial charge is 0.310 e. The number of rotatable bonds is 16. The quantitative estimate of drug-likeness (QED) is 0.0827. The van der Waals surface area contributed by atoms with E-state index in [0.717, 1.165) is 82.6 Å². The van der Waals surface area contributed by atoms with Crippen molar-refractivity contribution >= 4 is 57.5 Å². The Morgan fingerprint density at radius 2 is 1.25 bits per heavy atom. The van der Waals surface area contributed by atoms with Crippen LogP contribution in [0.4, 0.5) is 0 Å². The summed E-state index contributed by atoms with van der Waals surface area (Å²) in [6.07, 6.45) is 21.2. The number of piperidine rings is 1. The number of hydrogen-bond acceptors (Lipinski definition) is 7. The molecule has 4 aliphatic rings. The first-order valence-electron chi connectivity index (χ1n) is 27.1. The first-order valence-corrected chi connectivity index (χ1v) is 28.3. The van der Waals surface area contributed by atoms with Gasteiger partial charge in [0.05, 0.1) is 12.5 Å². The summed E-state index contributed by atoms with van der Waals surface area (Å²) in [6, 6.07) is 22.6. The van der Waals surface area contributed by atoms with E-state index in [1.54, 1.807) is 25.1 Å².